The highest BCUT2D eigenvalue weighted by Gasteiger charge is 2.45. The van der Waals surface area contributed by atoms with Gasteiger partial charge in [0.05, 0.1) is 6.04 Å². The maximum Gasteiger partial charge on any atom is 0.315 e. The minimum atomic E-state index is -2.82. The number of rotatable bonds is 5. The monoisotopic (exact) mass is 337 g/mol. The summed E-state index contributed by atoms with van der Waals surface area (Å²) in [7, 11) is 0. The van der Waals surface area contributed by atoms with Gasteiger partial charge in [-0.25, -0.2) is 0 Å². The molecule has 0 atom stereocenters. The van der Waals surface area contributed by atoms with Gasteiger partial charge in [0, 0.05) is 6.20 Å². The zero-order chi connectivity index (χ0) is 16.7. The molecular weight excluding hydrogens is 320 g/mol. The van der Waals surface area contributed by atoms with Crippen LogP contribution in [0.5, 0.6) is 0 Å². The Hall–Kier alpha value is -2.32. The van der Waals surface area contributed by atoms with E-state index in [0.717, 1.165) is 25.7 Å². The predicted molar refractivity (Wildman–Crippen MR) is 77.4 cm³/mol. The molecule has 4 rings (SSSR count). The molecule has 1 amide bonds. The first-order valence-electron chi connectivity index (χ1n) is 8.07. The smallest absolute Gasteiger partial charge is 0.315 e. The number of carbonyl (C=O) groups excluding carboxylic acids is 1. The number of carbonyl (C=O) groups is 1. The molecule has 2 aliphatic rings. The fourth-order valence-electron chi connectivity index (χ4n) is 3.15. The molecule has 0 unspecified atom stereocenters. The highest BCUT2D eigenvalue weighted by atomic mass is 19.3. The van der Waals surface area contributed by atoms with Crippen molar-refractivity contribution in [3.8, 4) is 0 Å². The molecule has 7 nitrogen and oxygen atoms in total. The SMILES string of the molecule is O=C(NC1(c2noc(C(F)F)n2)CCC1)c1ccnn1C1CCC1. The molecule has 0 aromatic carbocycles. The van der Waals surface area contributed by atoms with Gasteiger partial charge in [-0.05, 0) is 44.6 Å². The molecule has 2 aromatic rings. The molecular formula is C15H17F2N5O2. The highest BCUT2D eigenvalue weighted by molar-refractivity contribution is 5.93. The zero-order valence-corrected chi connectivity index (χ0v) is 12.9. The Balaban J connectivity index is 1.56. The summed E-state index contributed by atoms with van der Waals surface area (Å²) in [6.45, 7) is 0. The Morgan fingerprint density at radius 1 is 1.38 bits per heavy atom. The van der Waals surface area contributed by atoms with Crippen LogP contribution in [-0.4, -0.2) is 25.8 Å². The molecule has 1 N–H and O–H groups in total. The molecule has 2 heterocycles. The first kappa shape index (κ1) is 15.2. The minimum absolute atomic E-state index is 0.118. The lowest BCUT2D eigenvalue weighted by Gasteiger charge is -2.39. The molecule has 0 saturated heterocycles. The van der Waals surface area contributed by atoms with Crippen molar-refractivity contribution in [3.05, 3.63) is 29.7 Å². The van der Waals surface area contributed by atoms with Crippen LogP contribution in [0.25, 0.3) is 0 Å². The molecule has 0 bridgehead atoms. The van der Waals surface area contributed by atoms with E-state index in [9.17, 15) is 13.6 Å². The Kier molecular flexibility index (Phi) is 3.58. The summed E-state index contributed by atoms with van der Waals surface area (Å²) in [5, 5.41) is 10.8. The third-order valence-corrected chi connectivity index (χ3v) is 4.94. The quantitative estimate of drug-likeness (QED) is 0.906. The molecule has 128 valence electrons. The summed E-state index contributed by atoms with van der Waals surface area (Å²) in [5.41, 5.74) is -0.355. The van der Waals surface area contributed by atoms with Crippen molar-refractivity contribution in [1.82, 2.24) is 25.2 Å². The third kappa shape index (κ3) is 2.38. The molecule has 2 aromatic heterocycles. The van der Waals surface area contributed by atoms with E-state index in [1.165, 1.54) is 0 Å². The van der Waals surface area contributed by atoms with Crippen LogP contribution in [0, 0.1) is 0 Å². The lowest BCUT2D eigenvalue weighted by Crippen LogP contribution is -2.52. The molecule has 0 aliphatic heterocycles. The summed E-state index contributed by atoms with van der Waals surface area (Å²) in [6.07, 6.45) is 3.99. The molecule has 9 heteroatoms. The first-order valence-corrected chi connectivity index (χ1v) is 8.07. The second-order valence-electron chi connectivity index (χ2n) is 6.39. The first-order chi connectivity index (χ1) is 11.6. The average Bonchev–Trinajstić information content (AvgIpc) is 3.10. The molecule has 0 radical (unpaired) electrons. The van der Waals surface area contributed by atoms with Crippen molar-refractivity contribution in [1.29, 1.82) is 0 Å². The van der Waals surface area contributed by atoms with Crippen LogP contribution >= 0.6 is 0 Å². The van der Waals surface area contributed by atoms with Crippen molar-refractivity contribution < 1.29 is 18.1 Å². The summed E-state index contributed by atoms with van der Waals surface area (Å²) < 4.78 is 31.7. The number of alkyl halides is 2. The number of amides is 1. The van der Waals surface area contributed by atoms with Crippen molar-refractivity contribution in [2.24, 2.45) is 0 Å². The van der Waals surface area contributed by atoms with Crippen molar-refractivity contribution in [3.63, 3.8) is 0 Å². The molecule has 0 spiro atoms. The van der Waals surface area contributed by atoms with Crippen LogP contribution in [0.4, 0.5) is 8.78 Å². The standard InChI is InChI=1S/C15H17F2N5O2/c16-11(17)13-19-14(21-24-13)15(6-2-7-15)20-12(23)10-5-8-18-22(10)9-3-1-4-9/h5,8-9,11H,1-4,6-7H2,(H,20,23). The van der Waals surface area contributed by atoms with Gasteiger partial charge in [-0.3, -0.25) is 9.48 Å². The van der Waals surface area contributed by atoms with Gasteiger partial charge in [0.2, 0.25) is 0 Å². The van der Waals surface area contributed by atoms with Gasteiger partial charge in [0.25, 0.3) is 11.8 Å². The fourth-order valence-corrected chi connectivity index (χ4v) is 3.15. The molecule has 24 heavy (non-hydrogen) atoms. The van der Waals surface area contributed by atoms with Gasteiger partial charge in [-0.2, -0.15) is 18.9 Å². The van der Waals surface area contributed by atoms with Crippen LogP contribution in [0.15, 0.2) is 16.8 Å². The molecule has 2 saturated carbocycles. The number of nitrogens with zero attached hydrogens (tertiary/aromatic N) is 4. The Morgan fingerprint density at radius 2 is 2.17 bits per heavy atom. The van der Waals surface area contributed by atoms with Crippen LogP contribution in [0.3, 0.4) is 0 Å². The summed E-state index contributed by atoms with van der Waals surface area (Å²) in [6, 6.07) is 1.93. The normalized spacial score (nSPS) is 19.8. The van der Waals surface area contributed by atoms with Crippen molar-refractivity contribution >= 4 is 5.91 Å². The van der Waals surface area contributed by atoms with Crippen LogP contribution < -0.4 is 5.32 Å². The van der Waals surface area contributed by atoms with E-state index in [4.69, 9.17) is 0 Å². The predicted octanol–water partition coefficient (Wildman–Crippen LogP) is 2.74. The Labute approximate surface area is 136 Å². The second-order valence-corrected chi connectivity index (χ2v) is 6.39. The van der Waals surface area contributed by atoms with Gasteiger partial charge in [-0.15, -0.1) is 0 Å². The Morgan fingerprint density at radius 3 is 2.71 bits per heavy atom. The maximum absolute atomic E-state index is 12.7. The number of halogens is 2. The highest BCUT2D eigenvalue weighted by Crippen LogP contribution is 2.40. The molecule has 2 aliphatic carbocycles. The lowest BCUT2D eigenvalue weighted by molar-refractivity contribution is 0.0785. The summed E-state index contributed by atoms with van der Waals surface area (Å²) in [5.74, 6) is -0.889. The fraction of sp³-hybridized carbons (Fsp3) is 0.600. The van der Waals surface area contributed by atoms with E-state index < -0.39 is 17.9 Å². The zero-order valence-electron chi connectivity index (χ0n) is 12.9. The van der Waals surface area contributed by atoms with Gasteiger partial charge in [0.1, 0.15) is 11.2 Å². The van der Waals surface area contributed by atoms with E-state index in [-0.39, 0.29) is 17.8 Å². The largest absolute Gasteiger partial charge is 0.338 e. The number of aromatic nitrogens is 4. The maximum atomic E-state index is 12.7. The molecule has 2 fully saturated rings. The van der Waals surface area contributed by atoms with E-state index in [2.05, 4.69) is 25.1 Å². The second kappa shape index (κ2) is 5.64. The Bertz CT molecular complexity index is 749. The van der Waals surface area contributed by atoms with Crippen molar-refractivity contribution in [2.45, 2.75) is 56.5 Å². The van der Waals surface area contributed by atoms with Gasteiger partial charge in [-0.1, -0.05) is 5.16 Å². The van der Waals surface area contributed by atoms with Crippen LogP contribution in [0.2, 0.25) is 0 Å². The van der Waals surface area contributed by atoms with E-state index >= 15 is 0 Å². The third-order valence-electron chi connectivity index (χ3n) is 4.94. The van der Waals surface area contributed by atoms with Gasteiger partial charge in [0.15, 0.2) is 5.82 Å². The van der Waals surface area contributed by atoms with Gasteiger partial charge < -0.3 is 9.84 Å². The number of nitrogens with one attached hydrogen (secondary N) is 1. The average molecular weight is 337 g/mol. The summed E-state index contributed by atoms with van der Waals surface area (Å²) in [4.78, 5) is 16.4. The van der Waals surface area contributed by atoms with Crippen molar-refractivity contribution in [2.75, 3.05) is 0 Å². The topological polar surface area (TPSA) is 85.8 Å². The number of hydrogen-bond donors (Lipinski definition) is 1. The van der Waals surface area contributed by atoms with E-state index in [1.54, 1.807) is 16.9 Å². The minimum Gasteiger partial charge on any atom is -0.338 e. The number of hydrogen-bond acceptors (Lipinski definition) is 5. The summed E-state index contributed by atoms with van der Waals surface area (Å²) >= 11 is 0. The lowest BCUT2D eigenvalue weighted by atomic mass is 9.76. The van der Waals surface area contributed by atoms with Crippen LogP contribution in [-0.2, 0) is 5.54 Å². The van der Waals surface area contributed by atoms with E-state index in [0.29, 0.717) is 18.5 Å². The van der Waals surface area contributed by atoms with E-state index in [1.807, 2.05) is 0 Å². The van der Waals surface area contributed by atoms with Crippen LogP contribution in [0.1, 0.15) is 73.2 Å². The van der Waals surface area contributed by atoms with Gasteiger partial charge >= 0.3 is 6.43 Å².